The first-order valence-electron chi connectivity index (χ1n) is 9.44. The standard InChI is InChI=1S/C23H24N4/c1-3-7-20(8-4-1)11-12-22-24-14-13-23(25-22)27-17-15-26(16-18-27)19-21-9-5-2-6-10-21/h1-14H,15-19H2/b12-11+. The number of hydrogen-bond acceptors (Lipinski definition) is 4. The SMILES string of the molecule is C(=C\c1nccc(N2CCN(Cc3ccccc3)CC2)n1)/c1ccccc1. The van der Waals surface area contributed by atoms with E-state index in [1.54, 1.807) is 0 Å². The van der Waals surface area contributed by atoms with Crippen LogP contribution in [0.3, 0.4) is 0 Å². The minimum absolute atomic E-state index is 0.753. The Morgan fingerprint density at radius 3 is 2.22 bits per heavy atom. The average molecular weight is 356 g/mol. The van der Waals surface area contributed by atoms with Gasteiger partial charge in [-0.2, -0.15) is 0 Å². The number of aromatic nitrogens is 2. The van der Waals surface area contributed by atoms with E-state index in [4.69, 9.17) is 4.98 Å². The molecule has 0 radical (unpaired) electrons. The van der Waals surface area contributed by atoms with Crippen molar-refractivity contribution in [2.75, 3.05) is 31.1 Å². The van der Waals surface area contributed by atoms with Gasteiger partial charge >= 0.3 is 0 Å². The van der Waals surface area contributed by atoms with Crippen molar-refractivity contribution in [3.63, 3.8) is 0 Å². The molecule has 3 aromatic rings. The Balaban J connectivity index is 1.36. The molecule has 2 aromatic carbocycles. The first-order valence-corrected chi connectivity index (χ1v) is 9.44. The van der Waals surface area contributed by atoms with Gasteiger partial charge in [0.15, 0.2) is 5.82 Å². The molecule has 0 N–H and O–H groups in total. The molecule has 0 aliphatic carbocycles. The smallest absolute Gasteiger partial charge is 0.154 e. The largest absolute Gasteiger partial charge is 0.354 e. The Morgan fingerprint density at radius 2 is 1.48 bits per heavy atom. The third kappa shape index (κ3) is 4.80. The maximum absolute atomic E-state index is 4.73. The topological polar surface area (TPSA) is 32.3 Å². The summed E-state index contributed by atoms with van der Waals surface area (Å²) < 4.78 is 0. The fraction of sp³-hybridized carbons (Fsp3) is 0.217. The van der Waals surface area contributed by atoms with Crippen molar-refractivity contribution < 1.29 is 0 Å². The molecule has 27 heavy (non-hydrogen) atoms. The Morgan fingerprint density at radius 1 is 0.778 bits per heavy atom. The molecule has 136 valence electrons. The molecule has 1 aliphatic heterocycles. The molecule has 0 unspecified atom stereocenters. The van der Waals surface area contributed by atoms with Crippen LogP contribution in [-0.2, 0) is 6.54 Å². The number of hydrogen-bond donors (Lipinski definition) is 0. The van der Waals surface area contributed by atoms with E-state index >= 15 is 0 Å². The van der Waals surface area contributed by atoms with Crippen molar-refractivity contribution in [2.45, 2.75) is 6.54 Å². The summed E-state index contributed by atoms with van der Waals surface area (Å²) in [6.45, 7) is 5.10. The molecule has 0 amide bonds. The normalized spacial score (nSPS) is 15.3. The summed E-state index contributed by atoms with van der Waals surface area (Å²) in [6, 6.07) is 22.9. The Bertz CT molecular complexity index is 869. The lowest BCUT2D eigenvalue weighted by atomic mass is 10.2. The van der Waals surface area contributed by atoms with Gasteiger partial charge in [0.2, 0.25) is 0 Å². The second-order valence-electron chi connectivity index (χ2n) is 6.77. The second kappa shape index (κ2) is 8.60. The summed E-state index contributed by atoms with van der Waals surface area (Å²) in [6.07, 6.45) is 5.88. The third-order valence-corrected chi connectivity index (χ3v) is 4.83. The van der Waals surface area contributed by atoms with Gasteiger partial charge < -0.3 is 4.90 Å². The lowest BCUT2D eigenvalue weighted by Gasteiger charge is -2.35. The average Bonchev–Trinajstić information content (AvgIpc) is 2.75. The number of anilines is 1. The minimum atomic E-state index is 0.753. The van der Waals surface area contributed by atoms with Gasteiger partial charge in [-0.3, -0.25) is 4.90 Å². The van der Waals surface area contributed by atoms with E-state index in [1.165, 1.54) is 5.56 Å². The van der Waals surface area contributed by atoms with Crippen molar-refractivity contribution in [1.29, 1.82) is 0 Å². The minimum Gasteiger partial charge on any atom is -0.354 e. The van der Waals surface area contributed by atoms with Gasteiger partial charge in [-0.1, -0.05) is 66.7 Å². The van der Waals surface area contributed by atoms with E-state index in [-0.39, 0.29) is 0 Å². The lowest BCUT2D eigenvalue weighted by molar-refractivity contribution is 0.249. The van der Waals surface area contributed by atoms with Crippen molar-refractivity contribution in [1.82, 2.24) is 14.9 Å². The molecular weight excluding hydrogens is 332 g/mol. The third-order valence-electron chi connectivity index (χ3n) is 4.83. The van der Waals surface area contributed by atoms with Crippen molar-refractivity contribution in [3.8, 4) is 0 Å². The fourth-order valence-corrected chi connectivity index (χ4v) is 3.33. The van der Waals surface area contributed by atoms with Crippen molar-refractivity contribution in [3.05, 3.63) is 89.9 Å². The van der Waals surface area contributed by atoms with Crippen LogP contribution in [0.2, 0.25) is 0 Å². The van der Waals surface area contributed by atoms with Gasteiger partial charge in [0, 0.05) is 38.9 Å². The van der Waals surface area contributed by atoms with Crippen LogP contribution >= 0.6 is 0 Å². The number of piperazine rings is 1. The maximum atomic E-state index is 4.73. The summed E-state index contributed by atoms with van der Waals surface area (Å²) in [7, 11) is 0. The second-order valence-corrected chi connectivity index (χ2v) is 6.77. The summed E-state index contributed by atoms with van der Waals surface area (Å²) >= 11 is 0. The Labute approximate surface area is 160 Å². The van der Waals surface area contributed by atoms with Crippen LogP contribution in [-0.4, -0.2) is 41.0 Å². The van der Waals surface area contributed by atoms with Crippen molar-refractivity contribution >= 4 is 18.0 Å². The van der Waals surface area contributed by atoms with Crippen LogP contribution in [0.25, 0.3) is 12.2 Å². The van der Waals surface area contributed by atoms with E-state index in [9.17, 15) is 0 Å². The molecule has 0 spiro atoms. The molecular formula is C23H24N4. The highest BCUT2D eigenvalue weighted by molar-refractivity contribution is 5.66. The molecule has 1 aromatic heterocycles. The van der Waals surface area contributed by atoms with Gasteiger partial charge in [0.25, 0.3) is 0 Å². The van der Waals surface area contributed by atoms with Crippen LogP contribution in [0.15, 0.2) is 72.9 Å². The van der Waals surface area contributed by atoms with Gasteiger partial charge in [-0.15, -0.1) is 0 Å². The predicted molar refractivity (Wildman–Crippen MR) is 111 cm³/mol. The lowest BCUT2D eigenvalue weighted by Crippen LogP contribution is -2.46. The summed E-state index contributed by atoms with van der Waals surface area (Å²) in [4.78, 5) is 14.0. The first kappa shape index (κ1) is 17.4. The molecule has 4 heteroatoms. The predicted octanol–water partition coefficient (Wildman–Crippen LogP) is 3.97. The highest BCUT2D eigenvalue weighted by Gasteiger charge is 2.18. The molecule has 4 rings (SSSR count). The van der Waals surface area contributed by atoms with E-state index in [2.05, 4.69) is 63.3 Å². The number of rotatable bonds is 5. The molecule has 1 saturated heterocycles. The van der Waals surface area contributed by atoms with Crippen molar-refractivity contribution in [2.24, 2.45) is 0 Å². The zero-order valence-electron chi connectivity index (χ0n) is 15.4. The zero-order valence-corrected chi connectivity index (χ0v) is 15.4. The molecule has 2 heterocycles. The maximum Gasteiger partial charge on any atom is 0.154 e. The number of benzene rings is 2. The van der Waals surface area contributed by atoms with Crippen LogP contribution in [0.5, 0.6) is 0 Å². The molecule has 0 bridgehead atoms. The van der Waals surface area contributed by atoms with Gasteiger partial charge in [-0.25, -0.2) is 9.97 Å². The summed E-state index contributed by atoms with van der Waals surface area (Å²) in [5, 5.41) is 0. The quantitative estimate of drug-likeness (QED) is 0.692. The Kier molecular flexibility index (Phi) is 5.56. The molecule has 0 saturated carbocycles. The molecule has 0 atom stereocenters. The highest BCUT2D eigenvalue weighted by atomic mass is 15.3. The van der Waals surface area contributed by atoms with Gasteiger partial charge in [0.05, 0.1) is 0 Å². The summed E-state index contributed by atoms with van der Waals surface area (Å²) in [5.41, 5.74) is 2.53. The Hall–Kier alpha value is -2.98. The van der Waals surface area contributed by atoms with Crippen LogP contribution in [0, 0.1) is 0 Å². The van der Waals surface area contributed by atoms with Gasteiger partial charge in [-0.05, 0) is 23.3 Å². The molecule has 1 fully saturated rings. The first-order chi connectivity index (χ1) is 13.4. The summed E-state index contributed by atoms with van der Waals surface area (Å²) in [5.74, 6) is 1.76. The highest BCUT2D eigenvalue weighted by Crippen LogP contribution is 2.16. The van der Waals surface area contributed by atoms with Crippen LogP contribution in [0.1, 0.15) is 17.0 Å². The number of nitrogens with zero attached hydrogens (tertiary/aromatic N) is 4. The molecule has 4 nitrogen and oxygen atoms in total. The zero-order chi connectivity index (χ0) is 18.3. The van der Waals surface area contributed by atoms with Gasteiger partial charge in [0.1, 0.15) is 5.82 Å². The monoisotopic (exact) mass is 356 g/mol. The molecule has 1 aliphatic rings. The van der Waals surface area contributed by atoms with Crippen LogP contribution < -0.4 is 4.90 Å². The fourth-order valence-electron chi connectivity index (χ4n) is 3.33. The van der Waals surface area contributed by atoms with E-state index in [0.717, 1.165) is 49.9 Å². The van der Waals surface area contributed by atoms with E-state index in [1.807, 2.05) is 36.5 Å². The van der Waals surface area contributed by atoms with Crippen LogP contribution in [0.4, 0.5) is 5.82 Å². The van der Waals surface area contributed by atoms with E-state index < -0.39 is 0 Å². The van der Waals surface area contributed by atoms with E-state index in [0.29, 0.717) is 0 Å².